The predicted molar refractivity (Wildman–Crippen MR) is 91.8 cm³/mol. The molecule has 0 spiro atoms. The van der Waals surface area contributed by atoms with Crippen molar-refractivity contribution in [1.82, 2.24) is 0 Å². The van der Waals surface area contributed by atoms with E-state index in [1.807, 2.05) is 18.2 Å². The lowest BCUT2D eigenvalue weighted by atomic mass is 10.00. The van der Waals surface area contributed by atoms with Gasteiger partial charge in [-0.15, -0.1) is 11.8 Å². The Labute approximate surface area is 139 Å². The highest BCUT2D eigenvalue weighted by molar-refractivity contribution is 7.99. The first-order valence-electron chi connectivity index (χ1n) is 7.50. The first-order valence-corrected chi connectivity index (χ1v) is 8.38. The summed E-state index contributed by atoms with van der Waals surface area (Å²) in [5.41, 5.74) is 3.19. The molecule has 0 bridgehead atoms. The van der Waals surface area contributed by atoms with Crippen molar-refractivity contribution in [3.05, 3.63) is 89.2 Å². The Hall–Kier alpha value is -2.26. The molecule has 0 amide bonds. The van der Waals surface area contributed by atoms with Crippen molar-refractivity contribution in [2.24, 2.45) is 0 Å². The lowest BCUT2D eigenvalue weighted by Crippen LogP contribution is -2.08. The molecule has 3 aromatic rings. The summed E-state index contributed by atoms with van der Waals surface area (Å²) in [4.78, 5) is 1.16. The molecule has 1 aliphatic heterocycles. The SMILES string of the molecule is Cc1ccc(SC2c3ccccc3Oc3ccc(F)cc32)cc1. The molecule has 1 unspecified atom stereocenters. The molecule has 3 aromatic carbocycles. The summed E-state index contributed by atoms with van der Waals surface area (Å²) in [5.74, 6) is 1.34. The molecule has 23 heavy (non-hydrogen) atoms. The van der Waals surface area contributed by atoms with E-state index >= 15 is 0 Å². The van der Waals surface area contributed by atoms with Gasteiger partial charge in [-0.1, -0.05) is 35.9 Å². The van der Waals surface area contributed by atoms with E-state index in [1.54, 1.807) is 23.9 Å². The minimum atomic E-state index is -0.235. The molecule has 0 aliphatic carbocycles. The van der Waals surface area contributed by atoms with Crippen LogP contribution in [0.15, 0.2) is 71.6 Å². The molecule has 1 atom stereocenters. The maximum absolute atomic E-state index is 13.8. The van der Waals surface area contributed by atoms with Crippen molar-refractivity contribution in [3.63, 3.8) is 0 Å². The number of ether oxygens (including phenoxy) is 1. The zero-order valence-electron chi connectivity index (χ0n) is 12.6. The van der Waals surface area contributed by atoms with Crippen LogP contribution in [-0.2, 0) is 0 Å². The van der Waals surface area contributed by atoms with Crippen molar-refractivity contribution in [3.8, 4) is 11.5 Å². The Bertz CT molecular complexity index is 858. The summed E-state index contributed by atoms with van der Waals surface area (Å²) in [6.45, 7) is 2.07. The first-order chi connectivity index (χ1) is 11.2. The quantitative estimate of drug-likeness (QED) is 0.562. The van der Waals surface area contributed by atoms with Crippen LogP contribution >= 0.6 is 11.8 Å². The Morgan fingerprint density at radius 1 is 0.870 bits per heavy atom. The smallest absolute Gasteiger partial charge is 0.132 e. The normalized spacial score (nSPS) is 15.5. The zero-order valence-corrected chi connectivity index (χ0v) is 13.4. The molecular formula is C20H15FOS. The fourth-order valence-electron chi connectivity index (χ4n) is 2.77. The number of aryl methyl sites for hydroxylation is 1. The standard InChI is InChI=1S/C20H15FOS/c1-13-6-9-15(10-7-13)23-20-16-4-2-3-5-18(16)22-19-11-8-14(21)12-17(19)20/h2-12,20H,1H3. The van der Waals surface area contributed by atoms with E-state index in [2.05, 4.69) is 37.3 Å². The van der Waals surface area contributed by atoms with Crippen LogP contribution < -0.4 is 4.74 Å². The van der Waals surface area contributed by atoms with Gasteiger partial charge in [0, 0.05) is 16.0 Å². The van der Waals surface area contributed by atoms with Crippen molar-refractivity contribution in [2.45, 2.75) is 17.1 Å². The third-order valence-electron chi connectivity index (χ3n) is 3.95. The van der Waals surface area contributed by atoms with Gasteiger partial charge in [0.05, 0.1) is 5.25 Å². The van der Waals surface area contributed by atoms with Gasteiger partial charge in [0.25, 0.3) is 0 Å². The van der Waals surface area contributed by atoms with Gasteiger partial charge in [0.15, 0.2) is 0 Å². The topological polar surface area (TPSA) is 9.23 Å². The van der Waals surface area contributed by atoms with E-state index in [0.717, 1.165) is 27.5 Å². The highest BCUT2D eigenvalue weighted by Gasteiger charge is 2.28. The van der Waals surface area contributed by atoms with Crippen molar-refractivity contribution in [2.75, 3.05) is 0 Å². The number of hydrogen-bond donors (Lipinski definition) is 0. The summed E-state index contributed by atoms with van der Waals surface area (Å²) in [6, 6.07) is 21.1. The van der Waals surface area contributed by atoms with E-state index in [9.17, 15) is 4.39 Å². The monoisotopic (exact) mass is 322 g/mol. The molecule has 1 nitrogen and oxygen atoms in total. The average Bonchev–Trinajstić information content (AvgIpc) is 2.57. The molecular weight excluding hydrogens is 307 g/mol. The predicted octanol–water partition coefficient (Wildman–Crippen LogP) is 6.12. The lowest BCUT2D eigenvalue weighted by molar-refractivity contribution is 0.456. The summed E-state index contributed by atoms with van der Waals surface area (Å²) in [7, 11) is 0. The highest BCUT2D eigenvalue weighted by atomic mass is 32.2. The van der Waals surface area contributed by atoms with Crippen molar-refractivity contribution in [1.29, 1.82) is 0 Å². The van der Waals surface area contributed by atoms with Gasteiger partial charge in [-0.25, -0.2) is 4.39 Å². The summed E-state index contributed by atoms with van der Waals surface area (Å²) in [5, 5.41) is 0.0216. The van der Waals surface area contributed by atoms with E-state index in [0.29, 0.717) is 0 Å². The first kappa shape index (κ1) is 14.3. The Morgan fingerprint density at radius 2 is 1.61 bits per heavy atom. The van der Waals surface area contributed by atoms with Gasteiger partial charge in [0.1, 0.15) is 17.3 Å². The van der Waals surface area contributed by atoms with Gasteiger partial charge in [-0.3, -0.25) is 0 Å². The van der Waals surface area contributed by atoms with Crippen LogP contribution in [0, 0.1) is 12.7 Å². The van der Waals surface area contributed by atoms with Crippen molar-refractivity contribution < 1.29 is 9.13 Å². The maximum atomic E-state index is 13.8. The second kappa shape index (κ2) is 5.74. The zero-order chi connectivity index (χ0) is 15.8. The summed E-state index contributed by atoms with van der Waals surface area (Å²) in [6.07, 6.45) is 0. The molecule has 1 heterocycles. The second-order valence-corrected chi connectivity index (χ2v) is 6.81. The largest absolute Gasteiger partial charge is 0.457 e. The van der Waals surface area contributed by atoms with Gasteiger partial charge < -0.3 is 4.74 Å². The molecule has 0 saturated carbocycles. The number of benzene rings is 3. The van der Waals surface area contributed by atoms with Gasteiger partial charge in [0.2, 0.25) is 0 Å². The van der Waals surface area contributed by atoms with Gasteiger partial charge in [-0.2, -0.15) is 0 Å². The number of rotatable bonds is 2. The van der Waals surface area contributed by atoms with Crippen LogP contribution in [0.5, 0.6) is 11.5 Å². The minimum absolute atomic E-state index is 0.0216. The third-order valence-corrected chi connectivity index (χ3v) is 5.24. The van der Waals surface area contributed by atoms with Crippen molar-refractivity contribution >= 4 is 11.8 Å². The van der Waals surface area contributed by atoms with E-state index in [4.69, 9.17) is 4.74 Å². The third kappa shape index (κ3) is 2.73. The van der Waals surface area contributed by atoms with E-state index in [-0.39, 0.29) is 11.1 Å². The molecule has 0 saturated heterocycles. The molecule has 4 rings (SSSR count). The Balaban J connectivity index is 1.81. The lowest BCUT2D eigenvalue weighted by Gasteiger charge is -2.27. The Kier molecular flexibility index (Phi) is 3.58. The second-order valence-electron chi connectivity index (χ2n) is 5.63. The van der Waals surface area contributed by atoms with Crippen LogP contribution in [0.4, 0.5) is 4.39 Å². The fraction of sp³-hybridized carbons (Fsp3) is 0.100. The maximum Gasteiger partial charge on any atom is 0.132 e. The number of halogens is 1. The fourth-order valence-corrected chi connectivity index (χ4v) is 3.97. The molecule has 3 heteroatoms. The van der Waals surface area contributed by atoms with Gasteiger partial charge in [-0.05, 0) is 43.3 Å². The van der Waals surface area contributed by atoms with E-state index in [1.165, 1.54) is 11.6 Å². The number of thioether (sulfide) groups is 1. The minimum Gasteiger partial charge on any atom is -0.457 e. The molecule has 0 aromatic heterocycles. The highest BCUT2D eigenvalue weighted by Crippen LogP contribution is 2.51. The molecule has 0 N–H and O–H groups in total. The van der Waals surface area contributed by atoms with Crippen LogP contribution in [0.3, 0.4) is 0 Å². The Morgan fingerprint density at radius 3 is 2.43 bits per heavy atom. The molecule has 0 radical (unpaired) electrons. The number of fused-ring (bicyclic) bond motifs is 2. The average molecular weight is 322 g/mol. The summed E-state index contributed by atoms with van der Waals surface area (Å²) >= 11 is 1.72. The number of hydrogen-bond acceptors (Lipinski definition) is 2. The molecule has 1 aliphatic rings. The van der Waals surface area contributed by atoms with Crippen LogP contribution in [0.25, 0.3) is 0 Å². The molecule has 114 valence electrons. The number of para-hydroxylation sites is 1. The summed E-state index contributed by atoms with van der Waals surface area (Å²) < 4.78 is 19.7. The van der Waals surface area contributed by atoms with Crippen LogP contribution in [-0.4, -0.2) is 0 Å². The molecule has 0 fully saturated rings. The van der Waals surface area contributed by atoms with Crippen LogP contribution in [0.2, 0.25) is 0 Å². The van der Waals surface area contributed by atoms with E-state index < -0.39 is 0 Å². The van der Waals surface area contributed by atoms with Crippen LogP contribution in [0.1, 0.15) is 21.9 Å². The van der Waals surface area contributed by atoms with Gasteiger partial charge >= 0.3 is 0 Å².